The van der Waals surface area contributed by atoms with E-state index in [1.807, 2.05) is 28.8 Å². The molecule has 11 heteroatoms. The molecule has 4 aromatic heterocycles. The van der Waals surface area contributed by atoms with Gasteiger partial charge in [-0.1, -0.05) is 6.07 Å². The Balaban J connectivity index is 1.65. The third kappa shape index (κ3) is 3.86. The van der Waals surface area contributed by atoms with Crippen molar-refractivity contribution in [1.82, 2.24) is 29.1 Å². The van der Waals surface area contributed by atoms with Gasteiger partial charge in [0, 0.05) is 24.7 Å². The molecule has 0 aliphatic rings. The highest BCUT2D eigenvalue weighted by Gasteiger charge is 2.24. The number of hydrazine groups is 1. The van der Waals surface area contributed by atoms with Crippen molar-refractivity contribution in [2.24, 2.45) is 0 Å². The van der Waals surface area contributed by atoms with Gasteiger partial charge in [-0.3, -0.25) is 9.83 Å². The van der Waals surface area contributed by atoms with Gasteiger partial charge in [0.2, 0.25) is 0 Å². The molecule has 0 atom stereocenters. The summed E-state index contributed by atoms with van der Waals surface area (Å²) in [6.07, 6.45) is 4.97. The van der Waals surface area contributed by atoms with Gasteiger partial charge >= 0.3 is 6.03 Å². The maximum atomic E-state index is 13.4. The van der Waals surface area contributed by atoms with Crippen molar-refractivity contribution in [1.29, 1.82) is 0 Å². The number of hydrogen-bond donors (Lipinski definition) is 2. The van der Waals surface area contributed by atoms with E-state index in [1.54, 1.807) is 56.6 Å². The van der Waals surface area contributed by atoms with Crippen molar-refractivity contribution >= 4 is 29.0 Å². The molecule has 0 aliphatic heterocycles. The zero-order valence-electron chi connectivity index (χ0n) is 18.5. The van der Waals surface area contributed by atoms with E-state index in [4.69, 9.17) is 15.5 Å². The number of nitrogens with one attached hydrogen (secondary N) is 1. The Morgan fingerprint density at radius 1 is 1.06 bits per heavy atom. The van der Waals surface area contributed by atoms with Crippen LogP contribution in [0.1, 0.15) is 5.82 Å². The van der Waals surface area contributed by atoms with Crippen LogP contribution in [0.2, 0.25) is 0 Å². The second kappa shape index (κ2) is 8.54. The Morgan fingerprint density at radius 2 is 1.88 bits per heavy atom. The molecule has 0 bridgehead atoms. The number of methoxy groups -OCH3 is 1. The lowest BCUT2D eigenvalue weighted by molar-refractivity contribution is 0.246. The number of ether oxygens (including phenoxy) is 1. The molecule has 4 heterocycles. The number of aromatic nitrogens is 6. The molecule has 0 radical (unpaired) electrons. The van der Waals surface area contributed by atoms with Crippen LogP contribution >= 0.6 is 0 Å². The number of carbonyl (C=O) groups is 1. The SMILES string of the molecule is COc1ccc(N(Nc2nc3ccccn3c2-c2cc(N)nc(C)n2)C(=O)n2cccn2)cc1. The van der Waals surface area contributed by atoms with E-state index in [1.165, 1.54) is 15.9 Å². The Bertz CT molecular complexity index is 1440. The van der Waals surface area contributed by atoms with Gasteiger partial charge < -0.3 is 10.5 Å². The molecule has 170 valence electrons. The minimum absolute atomic E-state index is 0.332. The molecular weight excluding hydrogens is 434 g/mol. The van der Waals surface area contributed by atoms with E-state index in [0.717, 1.165) is 0 Å². The number of imidazole rings is 1. The molecule has 0 unspecified atom stereocenters. The number of anilines is 3. The van der Waals surface area contributed by atoms with Crippen molar-refractivity contribution in [3.05, 3.63) is 79.0 Å². The second-order valence-corrected chi connectivity index (χ2v) is 7.34. The van der Waals surface area contributed by atoms with Gasteiger partial charge in [0.05, 0.1) is 18.5 Å². The molecular formula is C23H21N9O2. The van der Waals surface area contributed by atoms with Crippen molar-refractivity contribution in [2.45, 2.75) is 6.92 Å². The number of benzene rings is 1. The molecule has 0 spiro atoms. The molecule has 0 saturated carbocycles. The lowest BCUT2D eigenvalue weighted by Crippen LogP contribution is -2.40. The van der Waals surface area contributed by atoms with Gasteiger partial charge in [-0.05, 0) is 49.4 Å². The van der Waals surface area contributed by atoms with E-state index >= 15 is 0 Å². The van der Waals surface area contributed by atoms with Crippen LogP contribution in [0.25, 0.3) is 17.0 Å². The van der Waals surface area contributed by atoms with Crippen molar-refractivity contribution in [2.75, 3.05) is 23.3 Å². The first-order valence-electron chi connectivity index (χ1n) is 10.4. The Labute approximate surface area is 194 Å². The summed E-state index contributed by atoms with van der Waals surface area (Å²) in [6.45, 7) is 1.76. The van der Waals surface area contributed by atoms with E-state index in [9.17, 15) is 4.79 Å². The average Bonchev–Trinajstić information content (AvgIpc) is 3.50. The molecule has 0 aliphatic carbocycles. The number of nitrogens with zero attached hydrogens (tertiary/aromatic N) is 7. The quantitative estimate of drug-likeness (QED) is 0.386. The molecule has 34 heavy (non-hydrogen) atoms. The highest BCUT2D eigenvalue weighted by Crippen LogP contribution is 2.30. The van der Waals surface area contributed by atoms with Crippen molar-refractivity contribution in [3.8, 4) is 17.1 Å². The van der Waals surface area contributed by atoms with E-state index in [2.05, 4.69) is 20.5 Å². The molecule has 1 amide bonds. The summed E-state index contributed by atoms with van der Waals surface area (Å²) in [5.41, 5.74) is 11.6. The lowest BCUT2D eigenvalue weighted by Gasteiger charge is -2.23. The third-order valence-corrected chi connectivity index (χ3v) is 5.07. The molecule has 5 aromatic rings. The highest BCUT2D eigenvalue weighted by molar-refractivity contribution is 5.96. The predicted molar refractivity (Wildman–Crippen MR) is 127 cm³/mol. The topological polar surface area (TPSA) is 128 Å². The van der Waals surface area contributed by atoms with E-state index in [0.29, 0.717) is 45.9 Å². The summed E-state index contributed by atoms with van der Waals surface area (Å²) in [6, 6.07) is 15.6. The molecule has 3 N–H and O–H groups in total. The molecule has 1 aromatic carbocycles. The van der Waals surface area contributed by atoms with Crippen LogP contribution < -0.4 is 20.9 Å². The standard InChI is InChI=1S/C23H21N9O2/c1-15-26-18(14-19(24)27-15)21-22(28-20-6-3-4-12-30(20)21)29-32(23(33)31-13-5-11-25-31)16-7-9-17(34-2)10-8-16/h3-14,29H,1-2H3,(H2,24,26,27). The fourth-order valence-electron chi connectivity index (χ4n) is 3.58. The van der Waals surface area contributed by atoms with E-state index < -0.39 is 6.03 Å². The van der Waals surface area contributed by atoms with Crippen LogP contribution in [0.4, 0.5) is 22.1 Å². The van der Waals surface area contributed by atoms with Gasteiger partial charge in [-0.15, -0.1) is 0 Å². The monoisotopic (exact) mass is 455 g/mol. The average molecular weight is 455 g/mol. The van der Waals surface area contributed by atoms with Crippen molar-refractivity contribution in [3.63, 3.8) is 0 Å². The number of amides is 1. The smallest absolute Gasteiger partial charge is 0.368 e. The number of nitrogens with two attached hydrogens (primary N) is 1. The molecule has 0 saturated heterocycles. The summed E-state index contributed by atoms with van der Waals surface area (Å²) in [7, 11) is 1.58. The number of nitrogen functional groups attached to an aromatic ring is 1. The summed E-state index contributed by atoms with van der Waals surface area (Å²) in [5, 5.41) is 5.44. The number of rotatable bonds is 5. The number of pyridine rings is 1. The first-order chi connectivity index (χ1) is 16.5. The van der Waals surface area contributed by atoms with Gasteiger partial charge in [0.25, 0.3) is 0 Å². The first-order valence-corrected chi connectivity index (χ1v) is 10.4. The van der Waals surface area contributed by atoms with Crippen LogP contribution in [0.5, 0.6) is 5.75 Å². The maximum Gasteiger partial charge on any atom is 0.368 e. The number of hydrogen-bond acceptors (Lipinski definition) is 8. The Morgan fingerprint density at radius 3 is 2.59 bits per heavy atom. The lowest BCUT2D eigenvalue weighted by atomic mass is 10.2. The Hall–Kier alpha value is -4.93. The fraction of sp³-hybridized carbons (Fsp3) is 0.0870. The molecule has 11 nitrogen and oxygen atoms in total. The van der Waals surface area contributed by atoms with Gasteiger partial charge in [-0.2, -0.15) is 9.78 Å². The molecule has 5 rings (SSSR count). The first kappa shape index (κ1) is 20.9. The number of aryl methyl sites for hydroxylation is 1. The molecule has 0 fully saturated rings. The van der Waals surface area contributed by atoms with Crippen LogP contribution in [0.3, 0.4) is 0 Å². The van der Waals surface area contributed by atoms with Crippen molar-refractivity contribution < 1.29 is 9.53 Å². The zero-order chi connectivity index (χ0) is 23.7. The van der Waals surface area contributed by atoms with Crippen LogP contribution in [0.15, 0.2) is 73.2 Å². The third-order valence-electron chi connectivity index (χ3n) is 5.07. The van der Waals surface area contributed by atoms with Gasteiger partial charge in [0.15, 0.2) is 5.82 Å². The predicted octanol–water partition coefficient (Wildman–Crippen LogP) is 3.39. The van der Waals surface area contributed by atoms with Gasteiger partial charge in [0.1, 0.15) is 28.7 Å². The minimum atomic E-state index is -0.434. The van der Waals surface area contributed by atoms with E-state index in [-0.39, 0.29) is 0 Å². The summed E-state index contributed by atoms with van der Waals surface area (Å²) in [4.78, 5) is 26.8. The van der Waals surface area contributed by atoms with Gasteiger partial charge in [-0.25, -0.2) is 24.8 Å². The largest absolute Gasteiger partial charge is 0.497 e. The maximum absolute atomic E-state index is 13.4. The minimum Gasteiger partial charge on any atom is -0.497 e. The second-order valence-electron chi connectivity index (χ2n) is 7.34. The zero-order valence-corrected chi connectivity index (χ0v) is 18.5. The summed E-state index contributed by atoms with van der Waals surface area (Å²) < 4.78 is 8.35. The summed E-state index contributed by atoms with van der Waals surface area (Å²) >= 11 is 0. The normalized spacial score (nSPS) is 10.9. The highest BCUT2D eigenvalue weighted by atomic mass is 16.5. The van der Waals surface area contributed by atoms with Crippen LogP contribution in [0, 0.1) is 6.92 Å². The van der Waals surface area contributed by atoms with Crippen LogP contribution in [-0.2, 0) is 0 Å². The number of fused-ring (bicyclic) bond motifs is 1. The van der Waals surface area contributed by atoms with Crippen LogP contribution in [-0.4, -0.2) is 42.3 Å². The summed E-state index contributed by atoms with van der Waals surface area (Å²) in [5.74, 6) is 1.92. The fourth-order valence-corrected chi connectivity index (χ4v) is 3.58. The Kier molecular flexibility index (Phi) is 5.26. The number of carbonyl (C=O) groups excluding carboxylic acids is 1.